The van der Waals surface area contributed by atoms with Gasteiger partial charge in [-0.15, -0.1) is 0 Å². The largest absolute Gasteiger partial charge is 0.399 e. The summed E-state index contributed by atoms with van der Waals surface area (Å²) in [5, 5.41) is 8.93. The quantitative estimate of drug-likeness (QED) is 0.819. The second kappa shape index (κ2) is 5.22. The van der Waals surface area contributed by atoms with Crippen LogP contribution in [0, 0.1) is 11.2 Å². The molecule has 3 rings (SSSR count). The second-order valence-electron chi connectivity index (χ2n) is 6.13. The molecule has 2 saturated heterocycles. The molecule has 0 aliphatic carbocycles. The summed E-state index contributed by atoms with van der Waals surface area (Å²) in [6, 6.07) is 4.93. The van der Waals surface area contributed by atoms with Crippen molar-refractivity contribution in [1.29, 1.82) is 0 Å². The molecule has 2 heterocycles. The van der Waals surface area contributed by atoms with Crippen LogP contribution in [0.3, 0.4) is 0 Å². The second-order valence-corrected chi connectivity index (χ2v) is 6.13. The standard InChI is InChI=1S/C15H22FN3O/c16-13-9-12(17)1-2-14(13)19-5-3-15(4-6-19)10-18(11-15)7-8-20/h1-2,9,20H,3-8,10-11,17H2. The number of nitrogen functional groups attached to an aromatic ring is 1. The number of aliphatic hydroxyl groups is 1. The van der Waals surface area contributed by atoms with E-state index < -0.39 is 0 Å². The Balaban J connectivity index is 1.59. The topological polar surface area (TPSA) is 52.7 Å². The van der Waals surface area contributed by atoms with Gasteiger partial charge in [-0.3, -0.25) is 4.90 Å². The third-order valence-electron chi connectivity index (χ3n) is 4.67. The predicted molar refractivity (Wildman–Crippen MR) is 78.2 cm³/mol. The third kappa shape index (κ3) is 2.47. The van der Waals surface area contributed by atoms with Gasteiger partial charge in [0.1, 0.15) is 5.82 Å². The highest BCUT2D eigenvalue weighted by Gasteiger charge is 2.44. The van der Waals surface area contributed by atoms with Crippen molar-refractivity contribution < 1.29 is 9.50 Å². The van der Waals surface area contributed by atoms with Gasteiger partial charge in [-0.1, -0.05) is 0 Å². The number of anilines is 2. The molecule has 1 aromatic rings. The molecule has 2 aliphatic rings. The van der Waals surface area contributed by atoms with Crippen molar-refractivity contribution in [2.24, 2.45) is 5.41 Å². The number of hydrogen-bond donors (Lipinski definition) is 2. The van der Waals surface area contributed by atoms with Crippen LogP contribution in [0.15, 0.2) is 18.2 Å². The number of nitrogens with zero attached hydrogens (tertiary/aromatic N) is 2. The van der Waals surface area contributed by atoms with Gasteiger partial charge in [0.25, 0.3) is 0 Å². The van der Waals surface area contributed by atoms with Gasteiger partial charge in [-0.2, -0.15) is 0 Å². The summed E-state index contributed by atoms with van der Waals surface area (Å²) in [4.78, 5) is 4.41. The minimum Gasteiger partial charge on any atom is -0.399 e. The van der Waals surface area contributed by atoms with E-state index in [1.807, 2.05) is 0 Å². The summed E-state index contributed by atoms with van der Waals surface area (Å²) >= 11 is 0. The number of benzene rings is 1. The first-order valence-electron chi connectivity index (χ1n) is 7.25. The molecule has 0 saturated carbocycles. The zero-order chi connectivity index (χ0) is 14.2. The van der Waals surface area contributed by atoms with Crippen molar-refractivity contribution >= 4 is 11.4 Å². The number of β-amino-alcohol motifs (C(OH)–C–C–N with tert-alkyl or cyclic N) is 1. The van der Waals surface area contributed by atoms with E-state index in [0.29, 0.717) is 16.8 Å². The van der Waals surface area contributed by atoms with E-state index in [1.54, 1.807) is 12.1 Å². The Labute approximate surface area is 119 Å². The highest BCUT2D eigenvalue weighted by atomic mass is 19.1. The SMILES string of the molecule is Nc1ccc(N2CCC3(CC2)CN(CCO)C3)c(F)c1. The molecule has 2 fully saturated rings. The van der Waals surface area contributed by atoms with Crippen LogP contribution in [0.2, 0.25) is 0 Å². The van der Waals surface area contributed by atoms with Gasteiger partial charge < -0.3 is 15.7 Å². The first kappa shape index (κ1) is 13.6. The highest BCUT2D eigenvalue weighted by Crippen LogP contribution is 2.41. The molecule has 0 unspecified atom stereocenters. The lowest BCUT2D eigenvalue weighted by Crippen LogP contribution is -2.60. The van der Waals surface area contributed by atoms with Crippen LogP contribution in [0.4, 0.5) is 15.8 Å². The molecule has 0 radical (unpaired) electrons. The van der Waals surface area contributed by atoms with Crippen molar-refractivity contribution in [1.82, 2.24) is 4.90 Å². The first-order chi connectivity index (χ1) is 9.62. The maximum atomic E-state index is 13.9. The van der Waals surface area contributed by atoms with Crippen molar-refractivity contribution in [3.8, 4) is 0 Å². The van der Waals surface area contributed by atoms with Crippen molar-refractivity contribution in [3.05, 3.63) is 24.0 Å². The number of nitrogens with two attached hydrogens (primary N) is 1. The van der Waals surface area contributed by atoms with Crippen LogP contribution >= 0.6 is 0 Å². The fourth-order valence-electron chi connectivity index (χ4n) is 3.52. The van der Waals surface area contributed by atoms with Crippen molar-refractivity contribution in [2.45, 2.75) is 12.8 Å². The molecule has 2 aliphatic heterocycles. The Hall–Kier alpha value is -1.33. The molecule has 4 nitrogen and oxygen atoms in total. The van der Waals surface area contributed by atoms with E-state index in [4.69, 9.17) is 10.8 Å². The lowest BCUT2D eigenvalue weighted by atomic mass is 9.72. The van der Waals surface area contributed by atoms with Gasteiger partial charge in [0, 0.05) is 38.4 Å². The molecule has 0 atom stereocenters. The number of piperidine rings is 1. The van der Waals surface area contributed by atoms with Gasteiger partial charge in [0.15, 0.2) is 0 Å². The third-order valence-corrected chi connectivity index (χ3v) is 4.67. The monoisotopic (exact) mass is 279 g/mol. The van der Waals surface area contributed by atoms with Gasteiger partial charge in [-0.05, 0) is 36.5 Å². The molecular formula is C15H22FN3O. The van der Waals surface area contributed by atoms with Crippen LogP contribution in [0.1, 0.15) is 12.8 Å². The summed E-state index contributed by atoms with van der Waals surface area (Å²) in [5.74, 6) is -0.225. The summed E-state index contributed by atoms with van der Waals surface area (Å²) in [6.07, 6.45) is 2.19. The molecule has 110 valence electrons. The smallest absolute Gasteiger partial charge is 0.148 e. The molecule has 20 heavy (non-hydrogen) atoms. The lowest BCUT2D eigenvalue weighted by molar-refractivity contribution is -0.0261. The van der Waals surface area contributed by atoms with Crippen molar-refractivity contribution in [3.63, 3.8) is 0 Å². The number of aliphatic hydroxyl groups excluding tert-OH is 1. The maximum absolute atomic E-state index is 13.9. The summed E-state index contributed by atoms with van der Waals surface area (Å²) in [6.45, 7) is 4.95. The number of rotatable bonds is 3. The summed E-state index contributed by atoms with van der Waals surface area (Å²) in [5.41, 5.74) is 7.13. The molecule has 5 heteroatoms. The molecule has 3 N–H and O–H groups in total. The highest BCUT2D eigenvalue weighted by molar-refractivity contribution is 5.54. The first-order valence-corrected chi connectivity index (χ1v) is 7.25. The molecule has 1 aromatic carbocycles. The van der Waals surface area contributed by atoms with Gasteiger partial charge >= 0.3 is 0 Å². The zero-order valence-electron chi connectivity index (χ0n) is 11.7. The minimum atomic E-state index is -0.225. The van der Waals surface area contributed by atoms with Crippen LogP contribution in [0.5, 0.6) is 0 Å². The average Bonchev–Trinajstić information content (AvgIpc) is 2.38. The predicted octanol–water partition coefficient (Wildman–Crippen LogP) is 1.30. The zero-order valence-corrected chi connectivity index (χ0v) is 11.7. The van der Waals surface area contributed by atoms with E-state index in [2.05, 4.69) is 9.80 Å². The Bertz CT molecular complexity index is 478. The summed E-state index contributed by atoms with van der Waals surface area (Å²) < 4.78 is 13.9. The molecular weight excluding hydrogens is 257 g/mol. The Morgan fingerprint density at radius 1 is 1.25 bits per heavy atom. The van der Waals surface area contributed by atoms with Crippen molar-refractivity contribution in [2.75, 3.05) is 50.0 Å². The van der Waals surface area contributed by atoms with E-state index in [-0.39, 0.29) is 12.4 Å². The fourth-order valence-corrected chi connectivity index (χ4v) is 3.52. The Morgan fingerprint density at radius 2 is 1.95 bits per heavy atom. The maximum Gasteiger partial charge on any atom is 0.148 e. The molecule has 1 spiro atoms. The fraction of sp³-hybridized carbons (Fsp3) is 0.600. The lowest BCUT2D eigenvalue weighted by Gasteiger charge is -2.54. The van der Waals surface area contributed by atoms with Crippen LogP contribution < -0.4 is 10.6 Å². The van der Waals surface area contributed by atoms with E-state index in [1.165, 1.54) is 6.07 Å². The van der Waals surface area contributed by atoms with Crippen LogP contribution in [0.25, 0.3) is 0 Å². The molecule has 0 aromatic heterocycles. The Kier molecular flexibility index (Phi) is 3.56. The summed E-state index contributed by atoms with van der Waals surface area (Å²) in [7, 11) is 0. The number of halogens is 1. The van der Waals surface area contributed by atoms with E-state index >= 15 is 0 Å². The van der Waals surface area contributed by atoms with Gasteiger partial charge in [-0.25, -0.2) is 4.39 Å². The van der Waals surface area contributed by atoms with Gasteiger partial charge in [0.2, 0.25) is 0 Å². The minimum absolute atomic E-state index is 0.225. The van der Waals surface area contributed by atoms with E-state index in [0.717, 1.165) is 45.6 Å². The van der Waals surface area contributed by atoms with Crippen LogP contribution in [-0.4, -0.2) is 49.3 Å². The number of hydrogen-bond acceptors (Lipinski definition) is 4. The normalized spacial score (nSPS) is 22.0. The molecule has 0 amide bonds. The average molecular weight is 279 g/mol. The number of likely N-dealkylation sites (tertiary alicyclic amines) is 1. The van der Waals surface area contributed by atoms with Crippen LogP contribution in [-0.2, 0) is 0 Å². The molecule has 0 bridgehead atoms. The van der Waals surface area contributed by atoms with Gasteiger partial charge in [0.05, 0.1) is 12.3 Å². The Morgan fingerprint density at radius 3 is 2.55 bits per heavy atom. The van der Waals surface area contributed by atoms with E-state index in [9.17, 15) is 4.39 Å².